The maximum absolute atomic E-state index is 11.9. The number of alkyl halides is 3. The highest BCUT2D eigenvalue weighted by Crippen LogP contribution is 2.32. The van der Waals surface area contributed by atoms with Gasteiger partial charge in [-0.15, -0.1) is 13.2 Å². The summed E-state index contributed by atoms with van der Waals surface area (Å²) >= 11 is 0. The summed E-state index contributed by atoms with van der Waals surface area (Å²) in [5.41, 5.74) is -0.0224. The van der Waals surface area contributed by atoms with Gasteiger partial charge in [-0.1, -0.05) is 0 Å². The van der Waals surface area contributed by atoms with E-state index >= 15 is 0 Å². The Kier molecular flexibility index (Phi) is 3.42. The van der Waals surface area contributed by atoms with E-state index in [1.807, 2.05) is 14.0 Å². The molecule has 1 fully saturated rings. The maximum atomic E-state index is 11.9. The van der Waals surface area contributed by atoms with Gasteiger partial charge in [0.2, 0.25) is 0 Å². The van der Waals surface area contributed by atoms with E-state index in [-0.39, 0.29) is 5.54 Å². The van der Waals surface area contributed by atoms with Crippen molar-refractivity contribution in [2.75, 3.05) is 7.05 Å². The van der Waals surface area contributed by atoms with Crippen LogP contribution in [0.3, 0.4) is 0 Å². The van der Waals surface area contributed by atoms with E-state index in [1.54, 1.807) is 0 Å². The van der Waals surface area contributed by atoms with Gasteiger partial charge in [0, 0.05) is 5.54 Å². The van der Waals surface area contributed by atoms with Gasteiger partial charge in [0.25, 0.3) is 0 Å². The Bertz CT molecular complexity index is 185. The number of ether oxygens (including phenoxy) is 1. The lowest BCUT2D eigenvalue weighted by molar-refractivity contribution is -0.346. The quantitative estimate of drug-likeness (QED) is 0.757. The molecule has 84 valence electrons. The number of rotatable bonds is 2. The van der Waals surface area contributed by atoms with Crippen LogP contribution < -0.4 is 5.32 Å². The number of hydrogen-bond donors (Lipinski definition) is 1. The molecular weight excluding hydrogens is 195 g/mol. The molecule has 0 atom stereocenters. The predicted molar refractivity (Wildman–Crippen MR) is 46.9 cm³/mol. The van der Waals surface area contributed by atoms with E-state index < -0.39 is 12.5 Å². The van der Waals surface area contributed by atoms with Crippen molar-refractivity contribution in [3.8, 4) is 0 Å². The normalized spacial score (nSPS) is 34.5. The second-order valence-corrected chi connectivity index (χ2v) is 4.07. The first-order chi connectivity index (χ1) is 6.35. The zero-order chi connectivity index (χ0) is 10.8. The summed E-state index contributed by atoms with van der Waals surface area (Å²) in [7, 11) is 1.84. The van der Waals surface area contributed by atoms with Crippen molar-refractivity contribution in [2.45, 2.75) is 50.6 Å². The van der Waals surface area contributed by atoms with Gasteiger partial charge in [-0.3, -0.25) is 4.74 Å². The van der Waals surface area contributed by atoms with E-state index in [0.29, 0.717) is 12.8 Å². The second-order valence-electron chi connectivity index (χ2n) is 4.07. The van der Waals surface area contributed by atoms with E-state index in [1.165, 1.54) is 0 Å². The fraction of sp³-hybridized carbons (Fsp3) is 1.00. The number of hydrogen-bond acceptors (Lipinski definition) is 2. The Balaban J connectivity index is 2.36. The van der Waals surface area contributed by atoms with Crippen LogP contribution in [0.25, 0.3) is 0 Å². The third-order valence-electron chi connectivity index (χ3n) is 2.94. The standard InChI is InChI=1S/C9H16F3NO/c1-8(13-2)5-3-7(4-6-8)14-9(10,11)12/h7,13H,3-6H2,1-2H3/t7-,8+. The van der Waals surface area contributed by atoms with Crippen molar-refractivity contribution in [3.05, 3.63) is 0 Å². The molecule has 1 saturated carbocycles. The molecular formula is C9H16F3NO. The summed E-state index contributed by atoms with van der Waals surface area (Å²) in [4.78, 5) is 0. The molecule has 0 saturated heterocycles. The molecule has 5 heteroatoms. The molecule has 0 radical (unpaired) electrons. The van der Waals surface area contributed by atoms with Gasteiger partial charge in [-0.2, -0.15) is 0 Å². The monoisotopic (exact) mass is 211 g/mol. The minimum Gasteiger partial charge on any atom is -0.315 e. The third-order valence-corrected chi connectivity index (χ3v) is 2.94. The molecule has 0 aromatic heterocycles. The van der Waals surface area contributed by atoms with Crippen LogP contribution in [0.1, 0.15) is 32.6 Å². The molecule has 14 heavy (non-hydrogen) atoms. The predicted octanol–water partition coefficient (Wildman–Crippen LogP) is 2.44. The molecule has 0 spiro atoms. The lowest BCUT2D eigenvalue weighted by atomic mass is 9.82. The molecule has 1 aliphatic carbocycles. The van der Waals surface area contributed by atoms with Crippen molar-refractivity contribution in [2.24, 2.45) is 0 Å². The Morgan fingerprint density at radius 2 is 1.79 bits per heavy atom. The van der Waals surface area contributed by atoms with Gasteiger partial charge in [-0.05, 0) is 39.7 Å². The van der Waals surface area contributed by atoms with Crippen LogP contribution in [0.5, 0.6) is 0 Å². The molecule has 0 amide bonds. The molecule has 2 nitrogen and oxygen atoms in total. The first-order valence-corrected chi connectivity index (χ1v) is 4.78. The lowest BCUT2D eigenvalue weighted by Crippen LogP contribution is -2.45. The zero-order valence-corrected chi connectivity index (χ0v) is 8.45. The van der Waals surface area contributed by atoms with Gasteiger partial charge in [0.1, 0.15) is 0 Å². The van der Waals surface area contributed by atoms with Gasteiger partial charge < -0.3 is 5.32 Å². The van der Waals surface area contributed by atoms with Crippen LogP contribution in [-0.4, -0.2) is 25.1 Å². The van der Waals surface area contributed by atoms with Gasteiger partial charge >= 0.3 is 6.36 Å². The summed E-state index contributed by atoms with van der Waals surface area (Å²) in [6.45, 7) is 2.02. The Morgan fingerprint density at radius 3 is 2.14 bits per heavy atom. The van der Waals surface area contributed by atoms with Crippen LogP contribution in [0.2, 0.25) is 0 Å². The number of nitrogens with one attached hydrogen (secondary N) is 1. The van der Waals surface area contributed by atoms with Crippen molar-refractivity contribution >= 4 is 0 Å². The maximum Gasteiger partial charge on any atom is 0.522 e. The van der Waals surface area contributed by atoms with Crippen molar-refractivity contribution in [3.63, 3.8) is 0 Å². The molecule has 1 N–H and O–H groups in total. The van der Waals surface area contributed by atoms with E-state index in [2.05, 4.69) is 10.1 Å². The second kappa shape index (κ2) is 4.06. The molecule has 0 unspecified atom stereocenters. The summed E-state index contributed by atoms with van der Waals surface area (Å²) in [5.74, 6) is 0. The highest BCUT2D eigenvalue weighted by molar-refractivity contribution is 4.88. The van der Waals surface area contributed by atoms with Gasteiger partial charge in [0.15, 0.2) is 0 Å². The van der Waals surface area contributed by atoms with Crippen LogP contribution in [-0.2, 0) is 4.74 Å². The van der Waals surface area contributed by atoms with Crippen LogP contribution in [0, 0.1) is 0 Å². The first kappa shape index (κ1) is 11.8. The fourth-order valence-corrected chi connectivity index (χ4v) is 1.79. The molecule has 0 heterocycles. The topological polar surface area (TPSA) is 21.3 Å². The zero-order valence-electron chi connectivity index (χ0n) is 8.45. The average Bonchev–Trinajstić information content (AvgIpc) is 2.07. The van der Waals surface area contributed by atoms with Gasteiger partial charge in [-0.25, -0.2) is 0 Å². The Hall–Kier alpha value is -0.290. The summed E-state index contributed by atoms with van der Waals surface area (Å²) < 4.78 is 39.6. The van der Waals surface area contributed by atoms with Crippen LogP contribution in [0.4, 0.5) is 13.2 Å². The molecule has 0 aromatic carbocycles. The van der Waals surface area contributed by atoms with Crippen molar-refractivity contribution in [1.29, 1.82) is 0 Å². The Morgan fingerprint density at radius 1 is 1.29 bits per heavy atom. The first-order valence-electron chi connectivity index (χ1n) is 4.78. The molecule has 1 rings (SSSR count). The smallest absolute Gasteiger partial charge is 0.315 e. The summed E-state index contributed by atoms with van der Waals surface area (Å²) in [6, 6.07) is 0. The van der Waals surface area contributed by atoms with Crippen molar-refractivity contribution < 1.29 is 17.9 Å². The van der Waals surface area contributed by atoms with Crippen LogP contribution >= 0.6 is 0 Å². The highest BCUT2D eigenvalue weighted by Gasteiger charge is 2.37. The van der Waals surface area contributed by atoms with E-state index in [9.17, 15) is 13.2 Å². The minimum atomic E-state index is -4.49. The van der Waals surface area contributed by atoms with E-state index in [0.717, 1.165) is 12.8 Å². The minimum absolute atomic E-state index is 0.0224. The summed E-state index contributed by atoms with van der Waals surface area (Å²) in [6.07, 6.45) is -2.75. The van der Waals surface area contributed by atoms with Crippen LogP contribution in [0.15, 0.2) is 0 Å². The summed E-state index contributed by atoms with van der Waals surface area (Å²) in [5, 5.41) is 3.13. The van der Waals surface area contributed by atoms with Gasteiger partial charge in [0.05, 0.1) is 6.10 Å². The largest absolute Gasteiger partial charge is 0.522 e. The fourth-order valence-electron chi connectivity index (χ4n) is 1.79. The molecule has 1 aliphatic rings. The molecule has 0 bridgehead atoms. The Labute approximate surface area is 81.8 Å². The average molecular weight is 211 g/mol. The van der Waals surface area contributed by atoms with Crippen molar-refractivity contribution in [1.82, 2.24) is 5.32 Å². The lowest BCUT2D eigenvalue weighted by Gasteiger charge is -2.37. The van der Waals surface area contributed by atoms with E-state index in [4.69, 9.17) is 0 Å². The number of halogens is 3. The molecule has 0 aromatic rings. The molecule has 0 aliphatic heterocycles. The highest BCUT2D eigenvalue weighted by atomic mass is 19.4. The third kappa shape index (κ3) is 3.46. The SMILES string of the molecule is CN[C@]1(C)CC[C@H](OC(F)(F)F)CC1.